The molecule has 0 spiro atoms. The first kappa shape index (κ1) is 18.0. The average molecular weight is 336 g/mol. The number of ether oxygens (including phenoxy) is 1. The molecule has 1 atom stereocenters. The highest BCUT2D eigenvalue weighted by molar-refractivity contribution is 8.00. The van der Waals surface area contributed by atoms with Crippen LogP contribution in [0.2, 0.25) is 0 Å². The highest BCUT2D eigenvalue weighted by Gasteiger charge is 2.21. The third kappa shape index (κ3) is 5.34. The van der Waals surface area contributed by atoms with Gasteiger partial charge in [-0.3, -0.25) is 4.99 Å². The fourth-order valence-corrected chi connectivity index (χ4v) is 3.99. The molecule has 128 valence electrons. The predicted molar refractivity (Wildman–Crippen MR) is 101 cm³/mol. The van der Waals surface area contributed by atoms with Crippen LogP contribution in [0.4, 0.5) is 0 Å². The Labute approximate surface area is 144 Å². The number of nitrogens with one attached hydrogen (secondary N) is 1. The van der Waals surface area contributed by atoms with Crippen LogP contribution in [0.25, 0.3) is 0 Å². The number of hydrogen-bond donors (Lipinski definition) is 1. The number of thioether (sulfide) groups is 1. The molecule has 23 heavy (non-hydrogen) atoms. The predicted octanol–water partition coefficient (Wildman–Crippen LogP) is 3.03. The van der Waals surface area contributed by atoms with Gasteiger partial charge in [-0.15, -0.1) is 0 Å². The summed E-state index contributed by atoms with van der Waals surface area (Å²) in [5.41, 5.74) is 1.25. The van der Waals surface area contributed by atoms with Crippen molar-refractivity contribution in [3.63, 3.8) is 0 Å². The van der Waals surface area contributed by atoms with Crippen molar-refractivity contribution in [1.29, 1.82) is 0 Å². The van der Waals surface area contributed by atoms with Crippen LogP contribution in [0.1, 0.15) is 25.8 Å². The Balaban J connectivity index is 1.87. The van der Waals surface area contributed by atoms with Crippen molar-refractivity contribution in [2.75, 3.05) is 39.0 Å². The van der Waals surface area contributed by atoms with E-state index in [1.807, 2.05) is 26.1 Å². The van der Waals surface area contributed by atoms with Crippen LogP contribution < -0.4 is 10.1 Å². The molecule has 0 amide bonds. The Bertz CT molecular complexity index is 507. The Morgan fingerprint density at radius 1 is 1.39 bits per heavy atom. The molecule has 1 unspecified atom stereocenters. The van der Waals surface area contributed by atoms with E-state index >= 15 is 0 Å². The molecule has 1 fully saturated rings. The molecule has 0 saturated carbocycles. The van der Waals surface area contributed by atoms with Gasteiger partial charge in [-0.1, -0.05) is 25.1 Å². The van der Waals surface area contributed by atoms with E-state index in [1.54, 1.807) is 0 Å². The van der Waals surface area contributed by atoms with E-state index in [1.165, 1.54) is 17.7 Å². The topological polar surface area (TPSA) is 36.9 Å². The normalized spacial score (nSPS) is 18.8. The lowest BCUT2D eigenvalue weighted by Crippen LogP contribution is -2.48. The number of hydrogen-bond acceptors (Lipinski definition) is 3. The number of nitrogens with zero attached hydrogens (tertiary/aromatic N) is 2. The molecule has 1 heterocycles. The minimum Gasteiger partial charge on any atom is -0.494 e. The fraction of sp³-hybridized carbons (Fsp3) is 0.611. The lowest BCUT2D eigenvalue weighted by molar-refractivity contribution is 0.336. The van der Waals surface area contributed by atoms with Gasteiger partial charge < -0.3 is 15.0 Å². The minimum atomic E-state index is 0.704. The summed E-state index contributed by atoms with van der Waals surface area (Å²) in [6, 6.07) is 8.28. The molecule has 1 aromatic carbocycles. The maximum atomic E-state index is 5.69. The van der Waals surface area contributed by atoms with Gasteiger partial charge in [0.05, 0.1) is 6.61 Å². The molecule has 1 aliphatic heterocycles. The van der Waals surface area contributed by atoms with Gasteiger partial charge in [0.2, 0.25) is 0 Å². The molecule has 5 heteroatoms. The van der Waals surface area contributed by atoms with Crippen molar-refractivity contribution in [1.82, 2.24) is 10.2 Å². The molecule has 4 nitrogen and oxygen atoms in total. The van der Waals surface area contributed by atoms with E-state index in [2.05, 4.69) is 46.0 Å². The first-order valence-electron chi connectivity index (χ1n) is 8.56. The van der Waals surface area contributed by atoms with E-state index in [-0.39, 0.29) is 0 Å². The Kier molecular flexibility index (Phi) is 7.59. The number of rotatable bonds is 6. The van der Waals surface area contributed by atoms with Gasteiger partial charge >= 0.3 is 0 Å². The smallest absolute Gasteiger partial charge is 0.193 e. The van der Waals surface area contributed by atoms with E-state index in [0.29, 0.717) is 6.61 Å². The fourth-order valence-electron chi connectivity index (χ4n) is 2.81. The Morgan fingerprint density at radius 3 is 2.96 bits per heavy atom. The second kappa shape index (κ2) is 9.71. The highest BCUT2D eigenvalue weighted by atomic mass is 32.2. The molecule has 1 N–H and O–H groups in total. The van der Waals surface area contributed by atoms with Gasteiger partial charge in [0.15, 0.2) is 5.96 Å². The summed E-state index contributed by atoms with van der Waals surface area (Å²) in [6.45, 7) is 8.04. The second-order valence-electron chi connectivity index (χ2n) is 5.61. The van der Waals surface area contributed by atoms with Crippen LogP contribution in [0.15, 0.2) is 29.3 Å². The zero-order valence-electron chi connectivity index (χ0n) is 14.5. The number of para-hydroxylation sites is 1. The molecule has 0 bridgehead atoms. The van der Waals surface area contributed by atoms with Gasteiger partial charge in [0, 0.05) is 37.7 Å². The third-order valence-corrected chi connectivity index (χ3v) is 5.43. The minimum absolute atomic E-state index is 0.704. The third-order valence-electron chi connectivity index (χ3n) is 4.06. The molecule has 1 saturated heterocycles. The quantitative estimate of drug-likeness (QED) is 0.640. The maximum Gasteiger partial charge on any atom is 0.193 e. The van der Waals surface area contributed by atoms with E-state index in [4.69, 9.17) is 4.74 Å². The second-order valence-corrected chi connectivity index (χ2v) is 7.02. The zero-order chi connectivity index (χ0) is 16.5. The largest absolute Gasteiger partial charge is 0.494 e. The SMILES string of the molecule is CCOc1ccccc1CCNC(=NC)N1CCSC(CC)C1. The number of aliphatic imine (C=N–C) groups is 1. The van der Waals surface area contributed by atoms with Crippen LogP contribution >= 0.6 is 11.8 Å². The van der Waals surface area contributed by atoms with E-state index < -0.39 is 0 Å². The number of guanidine groups is 1. The maximum absolute atomic E-state index is 5.69. The Hall–Kier alpha value is -1.36. The highest BCUT2D eigenvalue weighted by Crippen LogP contribution is 2.21. The summed E-state index contributed by atoms with van der Waals surface area (Å²) in [4.78, 5) is 6.85. The standard InChI is InChI=1S/C18H29N3OS/c1-4-16-14-21(12-13-23-16)18(19-3)20-11-10-15-8-6-7-9-17(15)22-5-2/h6-9,16H,4-5,10-14H2,1-3H3,(H,19,20). The summed E-state index contributed by atoms with van der Waals surface area (Å²) in [6.07, 6.45) is 2.16. The lowest BCUT2D eigenvalue weighted by atomic mass is 10.1. The monoisotopic (exact) mass is 335 g/mol. The van der Waals surface area contributed by atoms with Gasteiger partial charge in [0.1, 0.15) is 5.75 Å². The van der Waals surface area contributed by atoms with Gasteiger partial charge in [-0.25, -0.2) is 0 Å². The van der Waals surface area contributed by atoms with Crippen molar-refractivity contribution in [3.8, 4) is 5.75 Å². The van der Waals surface area contributed by atoms with Crippen molar-refractivity contribution in [2.45, 2.75) is 31.9 Å². The van der Waals surface area contributed by atoms with Crippen molar-refractivity contribution >= 4 is 17.7 Å². The average Bonchev–Trinajstić information content (AvgIpc) is 2.60. The van der Waals surface area contributed by atoms with Crippen molar-refractivity contribution < 1.29 is 4.74 Å². The van der Waals surface area contributed by atoms with Crippen LogP contribution in [-0.2, 0) is 6.42 Å². The van der Waals surface area contributed by atoms with Crippen LogP contribution in [0, 0.1) is 0 Å². The van der Waals surface area contributed by atoms with E-state index in [9.17, 15) is 0 Å². The summed E-state index contributed by atoms with van der Waals surface area (Å²) < 4.78 is 5.69. The van der Waals surface area contributed by atoms with Crippen molar-refractivity contribution in [3.05, 3.63) is 29.8 Å². The summed E-state index contributed by atoms with van der Waals surface area (Å²) in [7, 11) is 1.87. The molecular formula is C18H29N3OS. The first-order valence-corrected chi connectivity index (χ1v) is 9.61. The molecule has 1 aromatic rings. The molecule has 0 radical (unpaired) electrons. The molecule has 1 aliphatic rings. The summed E-state index contributed by atoms with van der Waals surface area (Å²) in [5, 5.41) is 4.24. The lowest BCUT2D eigenvalue weighted by Gasteiger charge is -2.34. The van der Waals surface area contributed by atoms with Gasteiger partial charge in [-0.2, -0.15) is 11.8 Å². The summed E-state index contributed by atoms with van der Waals surface area (Å²) >= 11 is 2.08. The van der Waals surface area contributed by atoms with Crippen LogP contribution in [0.5, 0.6) is 5.75 Å². The first-order chi connectivity index (χ1) is 11.3. The van der Waals surface area contributed by atoms with Crippen LogP contribution in [0.3, 0.4) is 0 Å². The van der Waals surface area contributed by atoms with Gasteiger partial charge in [-0.05, 0) is 31.4 Å². The Morgan fingerprint density at radius 2 is 2.22 bits per heavy atom. The van der Waals surface area contributed by atoms with E-state index in [0.717, 1.165) is 43.0 Å². The van der Waals surface area contributed by atoms with Gasteiger partial charge in [0.25, 0.3) is 0 Å². The molecule has 2 rings (SSSR count). The van der Waals surface area contributed by atoms with Crippen molar-refractivity contribution in [2.24, 2.45) is 4.99 Å². The number of benzene rings is 1. The zero-order valence-corrected chi connectivity index (χ0v) is 15.4. The molecule has 0 aliphatic carbocycles. The molecule has 0 aromatic heterocycles. The van der Waals surface area contributed by atoms with Crippen LogP contribution in [-0.4, -0.2) is 55.2 Å². The molecular weight excluding hydrogens is 306 g/mol. The summed E-state index contributed by atoms with van der Waals surface area (Å²) in [5.74, 6) is 3.21.